The van der Waals surface area contributed by atoms with Crippen LogP contribution in [0.15, 0.2) is 67.0 Å². The Kier molecular flexibility index (Phi) is 6.32. The van der Waals surface area contributed by atoms with Crippen molar-refractivity contribution in [3.05, 3.63) is 72.6 Å². The normalized spacial score (nSPS) is 11.8. The molecule has 4 rings (SSSR count). The molecule has 0 aliphatic carbocycles. The molecule has 0 saturated carbocycles. The average Bonchev–Trinajstić information content (AvgIpc) is 3.28. The molecular formula is C24H24N6O3. The second kappa shape index (κ2) is 9.49. The lowest BCUT2D eigenvalue weighted by Gasteiger charge is -2.15. The van der Waals surface area contributed by atoms with Crippen LogP contribution in [0.25, 0.3) is 22.3 Å². The fourth-order valence-corrected chi connectivity index (χ4v) is 3.50. The van der Waals surface area contributed by atoms with Crippen LogP contribution in [0.4, 0.5) is 11.5 Å². The first-order chi connectivity index (χ1) is 15.9. The van der Waals surface area contributed by atoms with E-state index in [2.05, 4.69) is 39.3 Å². The van der Waals surface area contributed by atoms with Crippen molar-refractivity contribution >= 4 is 34.4 Å². The highest BCUT2D eigenvalue weighted by Crippen LogP contribution is 2.29. The van der Waals surface area contributed by atoms with Crippen LogP contribution < -0.4 is 16.1 Å². The SMILES string of the molecule is CC(Nc1ncnc2[nH]c(-c3ccc(N(O)C(=O)CCC(N)=O)cc3)cc12)c1ccccc1. The smallest absolute Gasteiger partial charge is 0.251 e. The second-order valence-electron chi connectivity index (χ2n) is 7.66. The number of primary amides is 1. The van der Waals surface area contributed by atoms with Gasteiger partial charge in [0, 0.05) is 24.6 Å². The van der Waals surface area contributed by atoms with Gasteiger partial charge in [-0.25, -0.2) is 9.97 Å². The number of hydroxylamine groups is 1. The van der Waals surface area contributed by atoms with Gasteiger partial charge in [-0.05, 0) is 36.2 Å². The molecule has 2 amide bonds. The summed E-state index contributed by atoms with van der Waals surface area (Å²) in [6.07, 6.45) is 1.22. The Morgan fingerprint density at radius 3 is 2.52 bits per heavy atom. The summed E-state index contributed by atoms with van der Waals surface area (Å²) in [5.41, 5.74) is 8.85. The van der Waals surface area contributed by atoms with Crippen molar-refractivity contribution in [2.24, 2.45) is 5.73 Å². The third-order valence-electron chi connectivity index (χ3n) is 5.32. The van der Waals surface area contributed by atoms with Crippen LogP contribution in [-0.4, -0.2) is 32.0 Å². The zero-order valence-electron chi connectivity index (χ0n) is 18.0. The van der Waals surface area contributed by atoms with E-state index in [0.717, 1.165) is 28.0 Å². The molecule has 9 nitrogen and oxygen atoms in total. The lowest BCUT2D eigenvalue weighted by Crippen LogP contribution is -2.28. The van der Waals surface area contributed by atoms with E-state index in [1.54, 1.807) is 24.3 Å². The molecular weight excluding hydrogens is 420 g/mol. The molecule has 0 bridgehead atoms. The third-order valence-corrected chi connectivity index (χ3v) is 5.32. The quantitative estimate of drug-likeness (QED) is 0.241. The summed E-state index contributed by atoms with van der Waals surface area (Å²) in [6, 6.07) is 18.9. The fraction of sp³-hybridized carbons (Fsp3) is 0.167. The number of carbonyl (C=O) groups is 2. The Morgan fingerprint density at radius 2 is 1.82 bits per heavy atom. The van der Waals surface area contributed by atoms with E-state index in [1.165, 1.54) is 6.33 Å². The molecule has 9 heteroatoms. The third kappa shape index (κ3) is 4.99. The van der Waals surface area contributed by atoms with E-state index in [9.17, 15) is 14.8 Å². The number of fused-ring (bicyclic) bond motifs is 1. The van der Waals surface area contributed by atoms with Gasteiger partial charge in [0.1, 0.15) is 17.8 Å². The standard InChI is InChI=1S/C24H24N6O3/c1-15(16-5-3-2-4-6-16)28-23-19-13-20(29-24(19)27-14-26-23)17-7-9-18(10-8-17)30(33)22(32)12-11-21(25)31/h2-10,13-15,33H,11-12H2,1H3,(H2,25,31)(H2,26,27,28,29). The zero-order valence-corrected chi connectivity index (χ0v) is 18.0. The maximum atomic E-state index is 12.0. The number of anilines is 2. The van der Waals surface area contributed by atoms with Crippen LogP contribution in [-0.2, 0) is 9.59 Å². The first-order valence-electron chi connectivity index (χ1n) is 10.5. The first kappa shape index (κ1) is 22.0. The number of H-pyrrole nitrogens is 1. The molecule has 33 heavy (non-hydrogen) atoms. The van der Waals surface area contributed by atoms with Gasteiger partial charge < -0.3 is 16.0 Å². The van der Waals surface area contributed by atoms with Crippen molar-refractivity contribution in [2.45, 2.75) is 25.8 Å². The number of hydrogen-bond donors (Lipinski definition) is 4. The van der Waals surface area contributed by atoms with Crippen molar-refractivity contribution in [1.29, 1.82) is 0 Å². The number of rotatable bonds is 8. The molecule has 2 aromatic carbocycles. The highest BCUT2D eigenvalue weighted by atomic mass is 16.5. The maximum Gasteiger partial charge on any atom is 0.251 e. The first-order valence-corrected chi connectivity index (χ1v) is 10.5. The van der Waals surface area contributed by atoms with Crippen LogP contribution in [0.2, 0.25) is 0 Å². The van der Waals surface area contributed by atoms with E-state index in [0.29, 0.717) is 16.4 Å². The van der Waals surface area contributed by atoms with Crippen LogP contribution in [0.5, 0.6) is 0 Å². The van der Waals surface area contributed by atoms with Gasteiger partial charge >= 0.3 is 0 Å². The Labute approximate surface area is 190 Å². The second-order valence-corrected chi connectivity index (χ2v) is 7.66. The summed E-state index contributed by atoms with van der Waals surface area (Å²) in [7, 11) is 0. The van der Waals surface area contributed by atoms with Gasteiger partial charge in [-0.3, -0.25) is 14.8 Å². The predicted molar refractivity (Wildman–Crippen MR) is 126 cm³/mol. The van der Waals surface area contributed by atoms with Gasteiger partial charge in [0.05, 0.1) is 11.1 Å². The molecule has 0 spiro atoms. The molecule has 2 heterocycles. The monoisotopic (exact) mass is 444 g/mol. The Morgan fingerprint density at radius 1 is 1.09 bits per heavy atom. The molecule has 1 atom stereocenters. The number of nitrogens with two attached hydrogens (primary N) is 1. The van der Waals surface area contributed by atoms with E-state index >= 15 is 0 Å². The molecule has 0 aliphatic rings. The van der Waals surface area contributed by atoms with Crippen molar-refractivity contribution in [1.82, 2.24) is 15.0 Å². The molecule has 0 radical (unpaired) electrons. The minimum atomic E-state index is -0.606. The number of nitrogens with zero attached hydrogens (tertiary/aromatic N) is 3. The number of aromatic nitrogens is 3. The number of amides is 2. The minimum absolute atomic E-state index is 0.0598. The largest absolute Gasteiger partial charge is 0.370 e. The Bertz CT molecular complexity index is 1270. The number of nitrogens with one attached hydrogen (secondary N) is 2. The zero-order chi connectivity index (χ0) is 23.4. The molecule has 4 aromatic rings. The molecule has 0 saturated heterocycles. The maximum absolute atomic E-state index is 12.0. The van der Waals surface area contributed by atoms with Crippen molar-refractivity contribution in [3.8, 4) is 11.3 Å². The van der Waals surface area contributed by atoms with Gasteiger partial charge in [0.2, 0.25) is 5.91 Å². The van der Waals surface area contributed by atoms with Crippen LogP contribution in [0.1, 0.15) is 31.4 Å². The summed E-state index contributed by atoms with van der Waals surface area (Å²) < 4.78 is 0. The minimum Gasteiger partial charge on any atom is -0.370 e. The number of hydrogen-bond acceptors (Lipinski definition) is 6. The lowest BCUT2D eigenvalue weighted by atomic mass is 10.1. The summed E-state index contributed by atoms with van der Waals surface area (Å²) in [5.74, 6) is -0.483. The van der Waals surface area contributed by atoms with Gasteiger partial charge in [-0.15, -0.1) is 0 Å². The van der Waals surface area contributed by atoms with Crippen LogP contribution >= 0.6 is 0 Å². The molecule has 0 aliphatic heterocycles. The van der Waals surface area contributed by atoms with Crippen LogP contribution in [0.3, 0.4) is 0 Å². The Balaban J connectivity index is 1.54. The number of aromatic amines is 1. The number of benzene rings is 2. The van der Waals surface area contributed by atoms with E-state index in [1.807, 2.05) is 24.3 Å². The molecule has 2 aromatic heterocycles. The van der Waals surface area contributed by atoms with Crippen molar-refractivity contribution in [2.75, 3.05) is 10.4 Å². The fourth-order valence-electron chi connectivity index (χ4n) is 3.50. The highest BCUT2D eigenvalue weighted by Gasteiger charge is 2.16. The van der Waals surface area contributed by atoms with E-state index in [4.69, 9.17) is 5.73 Å². The predicted octanol–water partition coefficient (Wildman–Crippen LogP) is 3.79. The topological polar surface area (TPSA) is 137 Å². The highest BCUT2D eigenvalue weighted by molar-refractivity contribution is 5.94. The van der Waals surface area contributed by atoms with Crippen LogP contribution in [0, 0.1) is 0 Å². The molecule has 1 unspecified atom stereocenters. The van der Waals surface area contributed by atoms with Gasteiger partial charge in [-0.2, -0.15) is 5.06 Å². The molecule has 5 N–H and O–H groups in total. The van der Waals surface area contributed by atoms with Gasteiger partial charge in [0.15, 0.2) is 0 Å². The molecule has 168 valence electrons. The average molecular weight is 444 g/mol. The summed E-state index contributed by atoms with van der Waals surface area (Å²) in [4.78, 5) is 34.9. The summed E-state index contributed by atoms with van der Waals surface area (Å²) in [6.45, 7) is 2.07. The Hall–Kier alpha value is -4.24. The summed E-state index contributed by atoms with van der Waals surface area (Å²) in [5, 5.41) is 14.9. The lowest BCUT2D eigenvalue weighted by molar-refractivity contribution is -0.126. The van der Waals surface area contributed by atoms with Crippen molar-refractivity contribution < 1.29 is 14.8 Å². The van der Waals surface area contributed by atoms with E-state index < -0.39 is 11.8 Å². The summed E-state index contributed by atoms with van der Waals surface area (Å²) >= 11 is 0. The van der Waals surface area contributed by atoms with Crippen molar-refractivity contribution in [3.63, 3.8) is 0 Å². The van der Waals surface area contributed by atoms with Gasteiger partial charge in [-0.1, -0.05) is 42.5 Å². The van der Waals surface area contributed by atoms with E-state index in [-0.39, 0.29) is 18.9 Å². The number of carbonyl (C=O) groups excluding carboxylic acids is 2. The molecule has 0 fully saturated rings. The van der Waals surface area contributed by atoms with Gasteiger partial charge in [0.25, 0.3) is 5.91 Å².